The third-order valence-electron chi connectivity index (χ3n) is 3.34. The molecular formula is C19H19BrN2O5. The number of ether oxygens (including phenoxy) is 3. The van der Waals surface area contributed by atoms with E-state index >= 15 is 0 Å². The molecule has 0 heterocycles. The van der Waals surface area contributed by atoms with E-state index in [1.807, 2.05) is 0 Å². The molecule has 142 valence electrons. The monoisotopic (exact) mass is 434 g/mol. The quantitative estimate of drug-likeness (QED) is 0.516. The van der Waals surface area contributed by atoms with Crippen LogP contribution in [-0.4, -0.2) is 32.6 Å². The summed E-state index contributed by atoms with van der Waals surface area (Å²) in [6, 6.07) is 12.3. The van der Waals surface area contributed by atoms with Gasteiger partial charge in [-0.3, -0.25) is 20.4 Å². The van der Waals surface area contributed by atoms with Crippen molar-refractivity contribution in [3.63, 3.8) is 0 Å². The number of hydrazine groups is 1. The normalized spacial score (nSPS) is 10.3. The number of rotatable bonds is 7. The van der Waals surface area contributed by atoms with Crippen molar-refractivity contribution in [1.82, 2.24) is 10.9 Å². The zero-order valence-electron chi connectivity index (χ0n) is 14.8. The second-order valence-electron chi connectivity index (χ2n) is 5.23. The highest BCUT2D eigenvalue weighted by Crippen LogP contribution is 2.27. The Morgan fingerprint density at radius 1 is 1.00 bits per heavy atom. The Labute approximate surface area is 165 Å². The molecule has 0 aliphatic carbocycles. The van der Waals surface area contributed by atoms with Crippen LogP contribution in [0.25, 0.3) is 6.08 Å². The summed E-state index contributed by atoms with van der Waals surface area (Å²) >= 11 is 3.31. The van der Waals surface area contributed by atoms with E-state index in [-0.39, 0.29) is 6.61 Å². The van der Waals surface area contributed by atoms with E-state index in [4.69, 9.17) is 14.2 Å². The van der Waals surface area contributed by atoms with Crippen LogP contribution in [0.2, 0.25) is 0 Å². The molecule has 0 fully saturated rings. The van der Waals surface area contributed by atoms with E-state index in [2.05, 4.69) is 26.8 Å². The Balaban J connectivity index is 1.78. The highest BCUT2D eigenvalue weighted by molar-refractivity contribution is 9.10. The van der Waals surface area contributed by atoms with Crippen molar-refractivity contribution >= 4 is 33.8 Å². The van der Waals surface area contributed by atoms with Gasteiger partial charge in [0.05, 0.1) is 14.2 Å². The average molecular weight is 435 g/mol. The van der Waals surface area contributed by atoms with Gasteiger partial charge in [-0.15, -0.1) is 0 Å². The van der Waals surface area contributed by atoms with E-state index < -0.39 is 11.8 Å². The molecule has 2 amide bonds. The summed E-state index contributed by atoms with van der Waals surface area (Å²) in [6.07, 6.45) is 2.87. The molecule has 2 aromatic carbocycles. The van der Waals surface area contributed by atoms with E-state index in [1.54, 1.807) is 55.7 Å². The molecule has 8 heteroatoms. The number of hydrogen-bond acceptors (Lipinski definition) is 5. The topological polar surface area (TPSA) is 85.9 Å². The summed E-state index contributed by atoms with van der Waals surface area (Å²) in [6.45, 7) is -0.221. The van der Waals surface area contributed by atoms with Crippen LogP contribution in [0, 0.1) is 0 Å². The van der Waals surface area contributed by atoms with Gasteiger partial charge >= 0.3 is 0 Å². The Hall–Kier alpha value is -3.00. The molecular weight excluding hydrogens is 416 g/mol. The molecule has 2 rings (SSSR count). The summed E-state index contributed by atoms with van der Waals surface area (Å²) in [5, 5.41) is 0. The number of methoxy groups -OCH3 is 2. The zero-order valence-corrected chi connectivity index (χ0v) is 16.4. The highest BCUT2D eigenvalue weighted by atomic mass is 79.9. The third kappa shape index (κ3) is 6.67. The molecule has 0 saturated heterocycles. The van der Waals surface area contributed by atoms with Gasteiger partial charge in [-0.1, -0.05) is 22.0 Å². The number of halogens is 1. The van der Waals surface area contributed by atoms with Crippen molar-refractivity contribution in [1.29, 1.82) is 0 Å². The SMILES string of the molecule is COc1ccc(/C=C/C(=O)NNC(=O)COc2ccc(Br)cc2)cc1OC. The highest BCUT2D eigenvalue weighted by Gasteiger charge is 2.05. The summed E-state index contributed by atoms with van der Waals surface area (Å²) < 4.78 is 16.6. The summed E-state index contributed by atoms with van der Waals surface area (Å²) in [7, 11) is 3.08. The molecule has 0 unspecified atom stereocenters. The van der Waals surface area contributed by atoms with Crippen molar-refractivity contribution in [2.45, 2.75) is 0 Å². The Kier molecular flexibility index (Phi) is 7.69. The van der Waals surface area contributed by atoms with Crippen molar-refractivity contribution in [3.05, 3.63) is 58.6 Å². The molecule has 0 aliphatic rings. The van der Waals surface area contributed by atoms with Crippen molar-refractivity contribution in [3.8, 4) is 17.2 Å². The smallest absolute Gasteiger partial charge is 0.276 e. The van der Waals surface area contributed by atoms with Gasteiger partial charge in [0.25, 0.3) is 11.8 Å². The summed E-state index contributed by atoms with van der Waals surface area (Å²) in [5.41, 5.74) is 5.30. The maximum Gasteiger partial charge on any atom is 0.276 e. The second kappa shape index (κ2) is 10.2. The maximum atomic E-state index is 11.8. The summed E-state index contributed by atoms with van der Waals surface area (Å²) in [4.78, 5) is 23.5. The zero-order chi connectivity index (χ0) is 19.6. The van der Waals surface area contributed by atoms with E-state index in [0.29, 0.717) is 17.2 Å². The van der Waals surface area contributed by atoms with Crippen LogP contribution in [0.4, 0.5) is 0 Å². The van der Waals surface area contributed by atoms with Crippen LogP contribution in [0.15, 0.2) is 53.0 Å². The fourth-order valence-electron chi connectivity index (χ4n) is 2.02. The fourth-order valence-corrected chi connectivity index (χ4v) is 2.28. The molecule has 2 aromatic rings. The predicted molar refractivity (Wildman–Crippen MR) is 105 cm³/mol. The van der Waals surface area contributed by atoms with Crippen molar-refractivity contribution < 1.29 is 23.8 Å². The van der Waals surface area contributed by atoms with Crippen LogP contribution >= 0.6 is 15.9 Å². The molecule has 0 aliphatic heterocycles. The van der Waals surface area contributed by atoms with Gasteiger partial charge in [0, 0.05) is 10.5 Å². The third-order valence-corrected chi connectivity index (χ3v) is 3.87. The largest absolute Gasteiger partial charge is 0.493 e. The minimum Gasteiger partial charge on any atom is -0.493 e. The number of amides is 2. The lowest BCUT2D eigenvalue weighted by molar-refractivity contribution is -0.128. The number of carbonyl (C=O) groups is 2. The van der Waals surface area contributed by atoms with Crippen LogP contribution in [-0.2, 0) is 9.59 Å². The van der Waals surface area contributed by atoms with E-state index in [9.17, 15) is 9.59 Å². The molecule has 0 bridgehead atoms. The van der Waals surface area contributed by atoms with Gasteiger partial charge in [0.15, 0.2) is 18.1 Å². The Morgan fingerprint density at radius 3 is 2.37 bits per heavy atom. The van der Waals surface area contributed by atoms with Gasteiger partial charge in [0.2, 0.25) is 0 Å². The lowest BCUT2D eigenvalue weighted by Gasteiger charge is -2.08. The molecule has 0 radical (unpaired) electrons. The van der Waals surface area contributed by atoms with Gasteiger partial charge in [-0.25, -0.2) is 0 Å². The van der Waals surface area contributed by atoms with Gasteiger partial charge in [0.1, 0.15) is 5.75 Å². The van der Waals surface area contributed by atoms with E-state index in [1.165, 1.54) is 13.2 Å². The Bertz CT molecular complexity index is 821. The molecule has 7 nitrogen and oxygen atoms in total. The first kappa shape index (κ1) is 20.3. The minimum absolute atomic E-state index is 0.221. The molecule has 0 atom stereocenters. The number of hydrogen-bond donors (Lipinski definition) is 2. The molecule has 0 saturated carbocycles. The summed E-state index contributed by atoms with van der Waals surface area (Å²) in [5.74, 6) is 0.733. The molecule has 2 N–H and O–H groups in total. The number of nitrogens with one attached hydrogen (secondary N) is 2. The van der Waals surface area contributed by atoms with Crippen LogP contribution in [0.1, 0.15) is 5.56 Å². The lowest BCUT2D eigenvalue weighted by atomic mass is 10.2. The molecule has 27 heavy (non-hydrogen) atoms. The average Bonchev–Trinajstić information content (AvgIpc) is 2.69. The first-order chi connectivity index (χ1) is 13.0. The van der Waals surface area contributed by atoms with Gasteiger partial charge in [-0.05, 0) is 48.0 Å². The first-order valence-electron chi connectivity index (χ1n) is 7.89. The van der Waals surface area contributed by atoms with Crippen molar-refractivity contribution in [2.24, 2.45) is 0 Å². The number of carbonyl (C=O) groups excluding carboxylic acids is 2. The molecule has 0 spiro atoms. The Morgan fingerprint density at radius 2 is 1.70 bits per heavy atom. The van der Waals surface area contributed by atoms with E-state index in [0.717, 1.165) is 10.0 Å². The van der Waals surface area contributed by atoms with Gasteiger partial charge < -0.3 is 14.2 Å². The standard InChI is InChI=1S/C19H19BrN2O5/c1-25-16-9-3-13(11-17(16)26-2)4-10-18(23)21-22-19(24)12-27-15-7-5-14(20)6-8-15/h3-11H,12H2,1-2H3,(H,21,23)(H,22,24)/b10-4+. The maximum absolute atomic E-state index is 11.8. The van der Waals surface area contributed by atoms with Gasteiger partial charge in [-0.2, -0.15) is 0 Å². The molecule has 0 aromatic heterocycles. The number of benzene rings is 2. The first-order valence-corrected chi connectivity index (χ1v) is 8.68. The fraction of sp³-hybridized carbons (Fsp3) is 0.158. The minimum atomic E-state index is -0.484. The van der Waals surface area contributed by atoms with Crippen LogP contribution in [0.5, 0.6) is 17.2 Å². The van der Waals surface area contributed by atoms with Crippen LogP contribution in [0.3, 0.4) is 0 Å². The van der Waals surface area contributed by atoms with Crippen LogP contribution < -0.4 is 25.1 Å². The second-order valence-corrected chi connectivity index (χ2v) is 6.14. The van der Waals surface area contributed by atoms with Crippen molar-refractivity contribution in [2.75, 3.05) is 20.8 Å². The predicted octanol–water partition coefficient (Wildman–Crippen LogP) is 2.71. The lowest BCUT2D eigenvalue weighted by Crippen LogP contribution is -2.43.